The average Bonchev–Trinajstić information content (AvgIpc) is 2.51. The molecule has 3 heteroatoms. The van der Waals surface area contributed by atoms with Crippen LogP contribution in [0.4, 0.5) is 0 Å². The molecule has 13 heavy (non-hydrogen) atoms. The molecule has 1 aromatic rings. The summed E-state index contributed by atoms with van der Waals surface area (Å²) >= 11 is 0. The van der Waals surface area contributed by atoms with Crippen LogP contribution in [0.1, 0.15) is 25.6 Å². The van der Waals surface area contributed by atoms with Crippen molar-refractivity contribution in [3.63, 3.8) is 0 Å². The van der Waals surface area contributed by atoms with Crippen LogP contribution in [0.3, 0.4) is 0 Å². The summed E-state index contributed by atoms with van der Waals surface area (Å²) in [4.78, 5) is 11.7. The van der Waals surface area contributed by atoms with Gasteiger partial charge in [0.1, 0.15) is 0 Å². The van der Waals surface area contributed by atoms with E-state index >= 15 is 0 Å². The Morgan fingerprint density at radius 3 is 2.15 bits per heavy atom. The zero-order chi connectivity index (χ0) is 10.1. The fourth-order valence-electron chi connectivity index (χ4n) is 1.01. The summed E-state index contributed by atoms with van der Waals surface area (Å²) in [5, 5.41) is 0. The first-order valence-electron chi connectivity index (χ1n) is 4.35. The Morgan fingerprint density at radius 1 is 1.31 bits per heavy atom. The number of rotatable bonds is 1. The molecule has 0 radical (unpaired) electrons. The maximum absolute atomic E-state index is 11.7. The summed E-state index contributed by atoms with van der Waals surface area (Å²) in [6.45, 7) is 5.87. The highest BCUT2D eigenvalue weighted by Crippen LogP contribution is 2.18. The van der Waals surface area contributed by atoms with Crippen molar-refractivity contribution in [2.45, 2.75) is 26.8 Å². The molecule has 3 nitrogen and oxygen atoms in total. The van der Waals surface area contributed by atoms with E-state index in [9.17, 15) is 4.79 Å². The molecule has 1 atom stereocenters. The Balaban J connectivity index is 2.81. The van der Waals surface area contributed by atoms with Gasteiger partial charge in [-0.05, 0) is 17.5 Å². The number of aromatic nitrogens is 1. The van der Waals surface area contributed by atoms with Crippen molar-refractivity contribution >= 4 is 5.91 Å². The zero-order valence-electron chi connectivity index (χ0n) is 8.32. The summed E-state index contributed by atoms with van der Waals surface area (Å²) < 4.78 is 1.52. The molecule has 2 N–H and O–H groups in total. The highest BCUT2D eigenvalue weighted by molar-refractivity contribution is 5.84. The van der Waals surface area contributed by atoms with E-state index in [0.717, 1.165) is 0 Å². The van der Waals surface area contributed by atoms with Crippen LogP contribution in [0.15, 0.2) is 24.5 Å². The lowest BCUT2D eigenvalue weighted by atomic mass is 9.87. The molecule has 0 aliphatic rings. The van der Waals surface area contributed by atoms with Crippen molar-refractivity contribution in [1.82, 2.24) is 4.57 Å². The monoisotopic (exact) mass is 180 g/mol. The third-order valence-corrected chi connectivity index (χ3v) is 2.06. The first kappa shape index (κ1) is 9.99. The molecule has 1 unspecified atom stereocenters. The van der Waals surface area contributed by atoms with Crippen LogP contribution in [-0.4, -0.2) is 16.5 Å². The van der Waals surface area contributed by atoms with Gasteiger partial charge in [-0.25, -0.2) is 0 Å². The van der Waals surface area contributed by atoms with Gasteiger partial charge in [-0.2, -0.15) is 0 Å². The van der Waals surface area contributed by atoms with Gasteiger partial charge < -0.3 is 5.73 Å². The van der Waals surface area contributed by atoms with Crippen LogP contribution in [0.2, 0.25) is 0 Å². The van der Waals surface area contributed by atoms with Crippen molar-refractivity contribution in [3.8, 4) is 0 Å². The first-order valence-corrected chi connectivity index (χ1v) is 4.35. The molecule has 0 saturated heterocycles. The Hall–Kier alpha value is -1.09. The van der Waals surface area contributed by atoms with E-state index in [2.05, 4.69) is 0 Å². The summed E-state index contributed by atoms with van der Waals surface area (Å²) in [7, 11) is 0. The molecule has 0 bridgehead atoms. The SMILES string of the molecule is CC(C)(C)C(N)C(=O)n1cccc1. The summed E-state index contributed by atoms with van der Waals surface area (Å²) in [5.41, 5.74) is 5.62. The van der Waals surface area contributed by atoms with Crippen LogP contribution >= 0.6 is 0 Å². The predicted molar refractivity (Wildman–Crippen MR) is 52.5 cm³/mol. The second kappa shape index (κ2) is 3.34. The van der Waals surface area contributed by atoms with E-state index in [4.69, 9.17) is 5.73 Å². The standard InChI is InChI=1S/C10H16N2O/c1-10(2,3)8(11)9(13)12-6-4-5-7-12/h4-8H,11H2,1-3H3. The molecule has 0 aromatic carbocycles. The second-order valence-corrected chi connectivity index (χ2v) is 4.27. The number of carbonyl (C=O) groups excluding carboxylic acids is 1. The van der Waals surface area contributed by atoms with E-state index < -0.39 is 6.04 Å². The molecule has 1 rings (SSSR count). The first-order chi connectivity index (χ1) is 5.93. The van der Waals surface area contributed by atoms with E-state index in [0.29, 0.717) is 0 Å². The third kappa shape index (κ3) is 2.18. The second-order valence-electron chi connectivity index (χ2n) is 4.27. The molecule has 0 fully saturated rings. The Morgan fingerprint density at radius 2 is 1.77 bits per heavy atom. The minimum absolute atomic E-state index is 0.0579. The van der Waals surface area contributed by atoms with Gasteiger partial charge >= 0.3 is 0 Å². The van der Waals surface area contributed by atoms with Crippen LogP contribution in [0.25, 0.3) is 0 Å². The lowest BCUT2D eigenvalue weighted by molar-refractivity contribution is 0.0815. The highest BCUT2D eigenvalue weighted by atomic mass is 16.2. The largest absolute Gasteiger partial charge is 0.319 e. The van der Waals surface area contributed by atoms with Crippen LogP contribution < -0.4 is 5.73 Å². The summed E-state index contributed by atoms with van der Waals surface area (Å²) in [5.74, 6) is -0.0579. The van der Waals surface area contributed by atoms with Gasteiger partial charge in [-0.1, -0.05) is 20.8 Å². The molecule has 0 amide bonds. The molecular weight excluding hydrogens is 164 g/mol. The fourth-order valence-corrected chi connectivity index (χ4v) is 1.01. The van der Waals surface area contributed by atoms with Crippen LogP contribution in [-0.2, 0) is 0 Å². The topological polar surface area (TPSA) is 48.0 Å². The zero-order valence-corrected chi connectivity index (χ0v) is 8.32. The fraction of sp³-hybridized carbons (Fsp3) is 0.500. The number of hydrogen-bond donors (Lipinski definition) is 1. The van der Waals surface area contributed by atoms with Crippen molar-refractivity contribution < 1.29 is 4.79 Å². The molecule has 0 aliphatic heterocycles. The molecule has 1 heterocycles. The van der Waals surface area contributed by atoms with E-state index in [1.54, 1.807) is 12.4 Å². The minimum atomic E-state index is -0.458. The normalized spacial score (nSPS) is 14.2. The molecule has 0 spiro atoms. The predicted octanol–water partition coefficient (Wildman–Crippen LogP) is 1.50. The highest BCUT2D eigenvalue weighted by Gasteiger charge is 2.27. The molecule has 0 aliphatic carbocycles. The van der Waals surface area contributed by atoms with Gasteiger partial charge in [0.15, 0.2) is 0 Å². The van der Waals surface area contributed by atoms with Crippen molar-refractivity contribution in [2.75, 3.05) is 0 Å². The van der Waals surface area contributed by atoms with Crippen LogP contribution in [0, 0.1) is 5.41 Å². The smallest absolute Gasteiger partial charge is 0.248 e. The lowest BCUT2D eigenvalue weighted by Crippen LogP contribution is -2.44. The van der Waals surface area contributed by atoms with Crippen molar-refractivity contribution in [2.24, 2.45) is 11.1 Å². The van der Waals surface area contributed by atoms with Gasteiger partial charge in [-0.3, -0.25) is 9.36 Å². The van der Waals surface area contributed by atoms with Crippen molar-refractivity contribution in [3.05, 3.63) is 24.5 Å². The third-order valence-electron chi connectivity index (χ3n) is 2.06. The Labute approximate surface area is 78.5 Å². The van der Waals surface area contributed by atoms with Crippen LogP contribution in [0.5, 0.6) is 0 Å². The number of hydrogen-bond acceptors (Lipinski definition) is 2. The molecular formula is C10H16N2O. The molecule has 1 aromatic heterocycles. The minimum Gasteiger partial charge on any atom is -0.319 e. The van der Waals surface area contributed by atoms with Gasteiger partial charge in [-0.15, -0.1) is 0 Å². The lowest BCUT2D eigenvalue weighted by Gasteiger charge is -2.25. The van der Waals surface area contributed by atoms with Crippen molar-refractivity contribution in [1.29, 1.82) is 0 Å². The summed E-state index contributed by atoms with van der Waals surface area (Å²) in [6.07, 6.45) is 3.43. The average molecular weight is 180 g/mol. The molecule has 0 saturated carbocycles. The van der Waals surface area contributed by atoms with Gasteiger partial charge in [0.05, 0.1) is 6.04 Å². The van der Waals surface area contributed by atoms with E-state index in [1.165, 1.54) is 4.57 Å². The Bertz CT molecular complexity index is 282. The summed E-state index contributed by atoms with van der Waals surface area (Å²) in [6, 6.07) is 3.17. The number of carbonyl (C=O) groups is 1. The van der Waals surface area contributed by atoms with Gasteiger partial charge in [0, 0.05) is 12.4 Å². The number of nitrogens with zero attached hydrogens (tertiary/aromatic N) is 1. The van der Waals surface area contributed by atoms with Gasteiger partial charge in [0.2, 0.25) is 5.91 Å². The maximum atomic E-state index is 11.7. The number of nitrogens with two attached hydrogens (primary N) is 1. The van der Waals surface area contributed by atoms with E-state index in [1.807, 2.05) is 32.9 Å². The molecule has 72 valence electrons. The quantitative estimate of drug-likeness (QED) is 0.712. The maximum Gasteiger partial charge on any atom is 0.248 e. The van der Waals surface area contributed by atoms with Gasteiger partial charge in [0.25, 0.3) is 0 Å². The Kier molecular flexibility index (Phi) is 2.57. The van der Waals surface area contributed by atoms with E-state index in [-0.39, 0.29) is 11.3 Å².